The molecule has 4 nitrogen and oxygen atoms in total. The molecule has 0 saturated carbocycles. The third kappa shape index (κ3) is 5.11. The van der Waals surface area contributed by atoms with Gasteiger partial charge in [-0.1, -0.05) is 37.3 Å². The van der Waals surface area contributed by atoms with Gasteiger partial charge >= 0.3 is 0 Å². The maximum Gasteiger partial charge on any atom is 0.207 e. The molecule has 4 heteroatoms. The van der Waals surface area contributed by atoms with Gasteiger partial charge in [0.05, 0.1) is 6.07 Å². The zero-order chi connectivity index (χ0) is 16.5. The molecule has 2 rings (SSSR count). The third-order valence-corrected chi connectivity index (χ3v) is 4.38. The van der Waals surface area contributed by atoms with Gasteiger partial charge in [-0.2, -0.15) is 15.5 Å². The number of likely N-dealkylation sites (tertiary alicyclic amines) is 1. The van der Waals surface area contributed by atoms with Crippen LogP contribution in [-0.4, -0.2) is 23.8 Å². The highest BCUT2D eigenvalue weighted by Crippen LogP contribution is 2.21. The lowest BCUT2D eigenvalue weighted by Crippen LogP contribution is -2.40. The summed E-state index contributed by atoms with van der Waals surface area (Å²) in [6, 6.07) is 12.7. The maximum absolute atomic E-state index is 9.60. The Balaban J connectivity index is 2.03. The number of rotatable bonds is 5. The number of piperidine rings is 1. The molecule has 0 radical (unpaired) electrons. The first-order chi connectivity index (χ1) is 11.2. The highest BCUT2D eigenvalue weighted by Gasteiger charge is 2.25. The molecular formula is C19H24N4. The lowest BCUT2D eigenvalue weighted by molar-refractivity contribution is 0.325. The molecule has 1 aliphatic rings. The zero-order valence-electron chi connectivity index (χ0n) is 13.8. The van der Waals surface area contributed by atoms with Crippen LogP contribution in [0, 0.1) is 34.6 Å². The van der Waals surface area contributed by atoms with Crippen molar-refractivity contribution >= 4 is 5.84 Å². The Bertz CT molecular complexity index is 588. The van der Waals surface area contributed by atoms with Gasteiger partial charge in [-0.05, 0) is 43.6 Å². The van der Waals surface area contributed by atoms with Crippen molar-refractivity contribution in [2.24, 2.45) is 16.8 Å². The van der Waals surface area contributed by atoms with E-state index in [1.54, 1.807) is 0 Å². The molecule has 1 aromatic carbocycles. The van der Waals surface area contributed by atoms with Crippen molar-refractivity contribution < 1.29 is 0 Å². The largest absolute Gasteiger partial charge is 0.358 e. The van der Waals surface area contributed by atoms with Crippen LogP contribution in [0.2, 0.25) is 0 Å². The van der Waals surface area contributed by atoms with Gasteiger partial charge in [0.25, 0.3) is 0 Å². The highest BCUT2D eigenvalue weighted by molar-refractivity contribution is 5.87. The van der Waals surface area contributed by atoms with Gasteiger partial charge in [-0.15, -0.1) is 0 Å². The summed E-state index contributed by atoms with van der Waals surface area (Å²) in [5.74, 6) is 0.747. The van der Waals surface area contributed by atoms with Crippen molar-refractivity contribution in [2.75, 3.05) is 13.1 Å². The molecule has 1 saturated heterocycles. The smallest absolute Gasteiger partial charge is 0.207 e. The Morgan fingerprint density at radius 2 is 1.87 bits per heavy atom. The quantitative estimate of drug-likeness (QED) is 0.472. The predicted octanol–water partition coefficient (Wildman–Crippen LogP) is 3.76. The maximum atomic E-state index is 9.60. The second-order valence-corrected chi connectivity index (χ2v) is 6.33. The Morgan fingerprint density at radius 3 is 2.48 bits per heavy atom. The van der Waals surface area contributed by atoms with E-state index in [2.05, 4.69) is 35.0 Å². The summed E-state index contributed by atoms with van der Waals surface area (Å²) in [6.45, 7) is 3.98. The number of hydrogen-bond acceptors (Lipinski definition) is 3. The number of hydrogen-bond donors (Lipinski definition) is 0. The topological polar surface area (TPSA) is 63.2 Å². The van der Waals surface area contributed by atoms with Crippen molar-refractivity contribution in [3.05, 3.63) is 35.9 Å². The summed E-state index contributed by atoms with van der Waals surface area (Å²) in [4.78, 5) is 6.14. The van der Waals surface area contributed by atoms with Gasteiger partial charge in [-0.25, -0.2) is 0 Å². The van der Waals surface area contributed by atoms with E-state index in [-0.39, 0.29) is 5.92 Å². The molecular weight excluding hydrogens is 284 g/mol. The first-order valence-corrected chi connectivity index (χ1v) is 8.39. The standard InChI is InChI=1S/C19H24N4/c1-16(12-17-8-4-2-5-9-17)13-18(14-20)19(22-15-21)23-10-6-3-7-11-23/h2,4-5,8-9,16,18H,3,6-7,10-13H2,1H3. The average Bonchev–Trinajstić information content (AvgIpc) is 2.59. The first kappa shape index (κ1) is 17.0. The van der Waals surface area contributed by atoms with E-state index in [1.807, 2.05) is 24.4 Å². The van der Waals surface area contributed by atoms with E-state index in [9.17, 15) is 5.26 Å². The van der Waals surface area contributed by atoms with E-state index >= 15 is 0 Å². The van der Waals surface area contributed by atoms with Gasteiger partial charge in [0.1, 0.15) is 11.8 Å². The number of nitriles is 2. The molecule has 1 heterocycles. The number of benzene rings is 1. The van der Waals surface area contributed by atoms with Gasteiger partial charge in [0, 0.05) is 13.1 Å². The van der Waals surface area contributed by atoms with Crippen LogP contribution < -0.4 is 0 Å². The SMILES string of the molecule is CC(Cc1ccccc1)CC(C#N)C(=NC#N)N1CCCCC1. The van der Waals surface area contributed by atoms with E-state index in [0.29, 0.717) is 11.8 Å². The van der Waals surface area contributed by atoms with Crippen LogP contribution in [0.1, 0.15) is 38.2 Å². The zero-order valence-corrected chi connectivity index (χ0v) is 13.8. The normalized spacial score (nSPS) is 17.9. The molecule has 1 aliphatic heterocycles. The van der Waals surface area contributed by atoms with E-state index in [0.717, 1.165) is 38.8 Å². The fourth-order valence-electron chi connectivity index (χ4n) is 3.26. The molecule has 1 aromatic rings. The summed E-state index contributed by atoms with van der Waals surface area (Å²) >= 11 is 0. The summed E-state index contributed by atoms with van der Waals surface area (Å²) in [7, 11) is 0. The average molecular weight is 308 g/mol. The summed E-state index contributed by atoms with van der Waals surface area (Å²) in [6.07, 6.45) is 7.03. The Hall–Kier alpha value is -2.33. The summed E-state index contributed by atoms with van der Waals surface area (Å²) in [5.41, 5.74) is 1.29. The molecule has 0 N–H and O–H groups in total. The van der Waals surface area contributed by atoms with Crippen LogP contribution in [0.5, 0.6) is 0 Å². The third-order valence-electron chi connectivity index (χ3n) is 4.38. The van der Waals surface area contributed by atoms with Gasteiger partial charge in [0.15, 0.2) is 0 Å². The van der Waals surface area contributed by atoms with Gasteiger partial charge < -0.3 is 4.90 Å². The molecule has 0 aromatic heterocycles. The van der Waals surface area contributed by atoms with E-state index < -0.39 is 0 Å². The summed E-state index contributed by atoms with van der Waals surface area (Å²) in [5, 5.41) is 18.6. The molecule has 23 heavy (non-hydrogen) atoms. The monoisotopic (exact) mass is 308 g/mol. The second-order valence-electron chi connectivity index (χ2n) is 6.33. The highest BCUT2D eigenvalue weighted by atomic mass is 15.2. The Kier molecular flexibility index (Phi) is 6.63. The first-order valence-electron chi connectivity index (χ1n) is 8.39. The van der Waals surface area contributed by atoms with Crippen LogP contribution in [0.4, 0.5) is 0 Å². The second kappa shape index (κ2) is 8.96. The van der Waals surface area contributed by atoms with Crippen molar-refractivity contribution in [1.29, 1.82) is 10.5 Å². The molecule has 2 unspecified atom stereocenters. The Labute approximate surface area is 139 Å². The van der Waals surface area contributed by atoms with Crippen LogP contribution in [-0.2, 0) is 6.42 Å². The fraction of sp³-hybridized carbons (Fsp3) is 0.526. The van der Waals surface area contributed by atoms with Crippen molar-refractivity contribution in [3.63, 3.8) is 0 Å². The minimum absolute atomic E-state index is 0.300. The van der Waals surface area contributed by atoms with E-state index in [4.69, 9.17) is 5.26 Å². The molecule has 0 spiro atoms. The molecule has 1 fully saturated rings. The lowest BCUT2D eigenvalue weighted by atomic mass is 9.90. The van der Waals surface area contributed by atoms with Crippen LogP contribution in [0.25, 0.3) is 0 Å². The van der Waals surface area contributed by atoms with E-state index in [1.165, 1.54) is 12.0 Å². The molecule has 0 bridgehead atoms. The molecule has 0 amide bonds. The van der Waals surface area contributed by atoms with Crippen LogP contribution >= 0.6 is 0 Å². The van der Waals surface area contributed by atoms with Gasteiger partial charge in [-0.3, -0.25) is 0 Å². The predicted molar refractivity (Wildman–Crippen MR) is 91.5 cm³/mol. The fourth-order valence-corrected chi connectivity index (χ4v) is 3.26. The van der Waals surface area contributed by atoms with Crippen LogP contribution in [0.15, 0.2) is 35.3 Å². The van der Waals surface area contributed by atoms with Gasteiger partial charge in [0.2, 0.25) is 6.19 Å². The molecule has 0 aliphatic carbocycles. The van der Waals surface area contributed by atoms with Crippen molar-refractivity contribution in [1.82, 2.24) is 4.90 Å². The number of amidine groups is 1. The minimum Gasteiger partial charge on any atom is -0.358 e. The van der Waals surface area contributed by atoms with Crippen LogP contribution in [0.3, 0.4) is 0 Å². The van der Waals surface area contributed by atoms with Crippen molar-refractivity contribution in [2.45, 2.75) is 39.0 Å². The number of nitrogens with zero attached hydrogens (tertiary/aromatic N) is 4. The summed E-state index contributed by atoms with van der Waals surface area (Å²) < 4.78 is 0. The molecule has 2 atom stereocenters. The number of aliphatic imine (C=N–C) groups is 1. The minimum atomic E-state index is -0.300. The lowest BCUT2D eigenvalue weighted by Gasteiger charge is -2.31. The molecule has 120 valence electrons. The van der Waals surface area contributed by atoms with Crippen molar-refractivity contribution in [3.8, 4) is 12.3 Å². The Morgan fingerprint density at radius 1 is 1.17 bits per heavy atom.